The fourth-order valence-corrected chi connectivity index (χ4v) is 1.51. The number of hydrogen-bond donors (Lipinski definition) is 2. The molecule has 166 valence electrons. The van der Waals surface area contributed by atoms with Crippen LogP contribution in [-0.2, 0) is 14.3 Å². The second-order valence-electron chi connectivity index (χ2n) is 6.12. The summed E-state index contributed by atoms with van der Waals surface area (Å²) >= 11 is 0. The van der Waals surface area contributed by atoms with Crippen molar-refractivity contribution in [2.24, 2.45) is 0 Å². The van der Waals surface area contributed by atoms with Crippen LogP contribution in [0.1, 0.15) is 27.7 Å². The molecule has 0 bridgehead atoms. The first-order chi connectivity index (χ1) is 12.1. The van der Waals surface area contributed by atoms with E-state index in [1.807, 2.05) is 0 Å². The minimum Gasteiger partial charge on any atom is -0.349 e. The topological polar surface area (TPSA) is 67.4 Å². The minimum atomic E-state index is -6.97. The number of rotatable bonds is 8. The van der Waals surface area contributed by atoms with Gasteiger partial charge in [0.05, 0.1) is 0 Å². The fraction of sp³-hybridized carbons (Fsp3) is 0.846. The molecule has 0 aliphatic carbocycles. The van der Waals surface area contributed by atoms with E-state index >= 15 is 0 Å². The Bertz CT molecular complexity index is 592. The van der Waals surface area contributed by atoms with Gasteiger partial charge < -0.3 is 10.6 Å². The van der Waals surface area contributed by atoms with E-state index in [0.717, 1.165) is 38.3 Å². The summed E-state index contributed by atoms with van der Waals surface area (Å²) in [6, 6.07) is -2.56. The van der Waals surface area contributed by atoms with Gasteiger partial charge in [-0.1, -0.05) is 0 Å². The molecular formula is C13H16F10N2O3. The van der Waals surface area contributed by atoms with E-state index in [1.54, 1.807) is 0 Å². The van der Waals surface area contributed by atoms with Gasteiger partial charge in [0.25, 0.3) is 11.8 Å². The molecular weight excluding hydrogens is 422 g/mol. The van der Waals surface area contributed by atoms with Crippen LogP contribution in [-0.4, -0.2) is 53.9 Å². The number of carbonyl (C=O) groups excluding carboxylic acids is 2. The van der Waals surface area contributed by atoms with Gasteiger partial charge in [-0.2, -0.15) is 43.9 Å². The summed E-state index contributed by atoms with van der Waals surface area (Å²) in [6.45, 7) is 3.86. The highest BCUT2D eigenvalue weighted by molar-refractivity contribution is 5.85. The highest BCUT2D eigenvalue weighted by Crippen LogP contribution is 2.50. The fourth-order valence-electron chi connectivity index (χ4n) is 1.51. The Labute approximate surface area is 151 Å². The Kier molecular flexibility index (Phi) is 7.40. The lowest BCUT2D eigenvalue weighted by atomic mass is 10.1. The van der Waals surface area contributed by atoms with Crippen LogP contribution in [0.25, 0.3) is 0 Å². The first kappa shape index (κ1) is 26.2. The van der Waals surface area contributed by atoms with Crippen LogP contribution < -0.4 is 10.6 Å². The van der Waals surface area contributed by atoms with Gasteiger partial charge in [-0.15, -0.1) is 0 Å². The summed E-state index contributed by atoms with van der Waals surface area (Å²) in [5, 5.41) is 2.30. The molecule has 0 heterocycles. The number of amides is 2. The molecule has 0 fully saturated rings. The van der Waals surface area contributed by atoms with Gasteiger partial charge in [-0.3, -0.25) is 14.3 Å². The van der Waals surface area contributed by atoms with Gasteiger partial charge in [0, 0.05) is 12.1 Å². The van der Waals surface area contributed by atoms with Gasteiger partial charge >= 0.3 is 30.0 Å². The Morgan fingerprint density at radius 3 is 1.39 bits per heavy atom. The zero-order valence-corrected chi connectivity index (χ0v) is 14.7. The van der Waals surface area contributed by atoms with E-state index < -0.39 is 53.9 Å². The highest BCUT2D eigenvalue weighted by Gasteiger charge is 2.80. The SMILES string of the molecule is CC(C)NC(=O)C(F)(F)C(F)(F)C(F)(F)OC(F)(C(=O)NC(C)C)C(F)(F)F. The summed E-state index contributed by atoms with van der Waals surface area (Å²) in [6.07, 6.45) is -13.6. The van der Waals surface area contributed by atoms with E-state index in [0.29, 0.717) is 0 Å². The predicted octanol–water partition coefficient (Wildman–Crippen LogP) is 3.14. The third-order valence-electron chi connectivity index (χ3n) is 2.81. The van der Waals surface area contributed by atoms with Crippen LogP contribution in [0.4, 0.5) is 43.9 Å². The summed E-state index contributed by atoms with van der Waals surface area (Å²) in [5.41, 5.74) is 0. The maximum absolute atomic E-state index is 14.0. The Morgan fingerprint density at radius 1 is 0.714 bits per heavy atom. The van der Waals surface area contributed by atoms with Gasteiger partial charge in [-0.25, -0.2) is 0 Å². The lowest BCUT2D eigenvalue weighted by Gasteiger charge is -2.36. The third kappa shape index (κ3) is 4.97. The number of alkyl halides is 10. The molecule has 0 spiro atoms. The molecule has 0 aliphatic rings. The molecule has 0 saturated heterocycles. The smallest absolute Gasteiger partial charge is 0.349 e. The largest absolute Gasteiger partial charge is 0.458 e. The van der Waals surface area contributed by atoms with Crippen molar-refractivity contribution in [1.82, 2.24) is 10.6 Å². The maximum atomic E-state index is 14.0. The monoisotopic (exact) mass is 438 g/mol. The van der Waals surface area contributed by atoms with Crippen molar-refractivity contribution < 1.29 is 58.2 Å². The summed E-state index contributed by atoms with van der Waals surface area (Å²) in [4.78, 5) is 22.4. The van der Waals surface area contributed by atoms with E-state index in [4.69, 9.17) is 0 Å². The van der Waals surface area contributed by atoms with Crippen LogP contribution in [0.2, 0.25) is 0 Å². The molecule has 1 atom stereocenters. The lowest BCUT2D eigenvalue weighted by Crippen LogP contribution is -2.67. The first-order valence-corrected chi connectivity index (χ1v) is 7.34. The second-order valence-corrected chi connectivity index (χ2v) is 6.12. The molecule has 2 amide bonds. The maximum Gasteiger partial charge on any atom is 0.458 e. The van der Waals surface area contributed by atoms with Crippen LogP contribution in [0, 0.1) is 0 Å². The molecule has 5 nitrogen and oxygen atoms in total. The molecule has 0 rings (SSSR count). The molecule has 0 aliphatic heterocycles. The molecule has 2 N–H and O–H groups in total. The molecule has 0 radical (unpaired) electrons. The lowest BCUT2D eigenvalue weighted by molar-refractivity contribution is -0.455. The highest BCUT2D eigenvalue weighted by atomic mass is 19.4. The number of ether oxygens (including phenoxy) is 1. The van der Waals surface area contributed by atoms with Crippen molar-refractivity contribution in [2.45, 2.75) is 69.8 Å². The predicted molar refractivity (Wildman–Crippen MR) is 72.4 cm³/mol. The number of carbonyl (C=O) groups is 2. The normalized spacial score (nSPS) is 16.1. The van der Waals surface area contributed by atoms with Crippen LogP contribution in [0.15, 0.2) is 0 Å². The van der Waals surface area contributed by atoms with Gasteiger partial charge in [0.2, 0.25) is 0 Å². The van der Waals surface area contributed by atoms with E-state index in [2.05, 4.69) is 4.74 Å². The molecule has 0 aromatic rings. The number of halogens is 10. The zero-order valence-electron chi connectivity index (χ0n) is 14.7. The summed E-state index contributed by atoms with van der Waals surface area (Å²) < 4.78 is 136. The van der Waals surface area contributed by atoms with E-state index in [1.165, 1.54) is 0 Å². The average Bonchev–Trinajstić information content (AvgIpc) is 2.43. The molecule has 15 heteroatoms. The summed E-state index contributed by atoms with van der Waals surface area (Å²) in [7, 11) is 0. The van der Waals surface area contributed by atoms with Crippen LogP contribution in [0.5, 0.6) is 0 Å². The van der Waals surface area contributed by atoms with Crippen molar-refractivity contribution in [1.29, 1.82) is 0 Å². The molecule has 28 heavy (non-hydrogen) atoms. The zero-order chi connectivity index (χ0) is 22.9. The molecule has 0 saturated carbocycles. The van der Waals surface area contributed by atoms with Gasteiger partial charge in [0.15, 0.2) is 0 Å². The molecule has 1 unspecified atom stereocenters. The third-order valence-corrected chi connectivity index (χ3v) is 2.81. The number of nitrogens with one attached hydrogen (secondary N) is 2. The quantitative estimate of drug-likeness (QED) is 0.573. The molecule has 0 aromatic carbocycles. The molecule has 0 aromatic heterocycles. The Balaban J connectivity index is 6.11. The van der Waals surface area contributed by atoms with Crippen molar-refractivity contribution >= 4 is 11.8 Å². The average molecular weight is 438 g/mol. The minimum absolute atomic E-state index is 0.950. The van der Waals surface area contributed by atoms with Crippen molar-refractivity contribution in [3.05, 3.63) is 0 Å². The summed E-state index contributed by atoms with van der Waals surface area (Å²) in [5.74, 6) is -25.4. The second kappa shape index (κ2) is 7.91. The van der Waals surface area contributed by atoms with Crippen LogP contribution in [0.3, 0.4) is 0 Å². The Morgan fingerprint density at radius 2 is 1.07 bits per heavy atom. The van der Waals surface area contributed by atoms with Gasteiger partial charge in [-0.05, 0) is 27.7 Å². The van der Waals surface area contributed by atoms with Gasteiger partial charge in [0.1, 0.15) is 0 Å². The van der Waals surface area contributed by atoms with E-state index in [-0.39, 0.29) is 0 Å². The Hall–Kier alpha value is -1.80. The van der Waals surface area contributed by atoms with Crippen molar-refractivity contribution in [3.63, 3.8) is 0 Å². The standard InChI is InChI=1S/C13H16F10N2O3/c1-5(2)24-7(26)9(14,15)11(17,18)13(22,23)28-10(16,12(19,20)21)8(27)25-6(3)4/h5-6H,1-4H3,(H,24,26)(H,25,27). The first-order valence-electron chi connectivity index (χ1n) is 7.34. The number of hydrogen-bond acceptors (Lipinski definition) is 3. The van der Waals surface area contributed by atoms with Crippen molar-refractivity contribution in [2.75, 3.05) is 0 Å². The van der Waals surface area contributed by atoms with E-state index in [9.17, 15) is 53.5 Å². The van der Waals surface area contributed by atoms with Crippen molar-refractivity contribution in [3.8, 4) is 0 Å². The van der Waals surface area contributed by atoms with Crippen LogP contribution >= 0.6 is 0 Å².